The van der Waals surface area contributed by atoms with E-state index in [1.807, 2.05) is 42.3 Å². The molecular weight excluding hydrogens is 531 g/mol. The zero-order valence-electron chi connectivity index (χ0n) is 23.0. The number of hydrogen-bond donors (Lipinski definition) is 1. The molecule has 5 heterocycles. The molecule has 2 saturated heterocycles. The number of halogens is 3. The highest BCUT2D eigenvalue weighted by Gasteiger charge is 2.46. The van der Waals surface area contributed by atoms with Gasteiger partial charge in [-0.2, -0.15) is 0 Å². The summed E-state index contributed by atoms with van der Waals surface area (Å²) >= 11 is 0. The topological polar surface area (TPSA) is 81.8 Å². The number of likely N-dealkylation sites (tertiary alicyclic amines) is 2. The quantitative estimate of drug-likeness (QED) is 0.495. The predicted molar refractivity (Wildman–Crippen MR) is 151 cm³/mol. The highest BCUT2D eigenvalue weighted by Crippen LogP contribution is 2.48. The van der Waals surface area contributed by atoms with E-state index in [9.17, 15) is 13.6 Å². The Hall–Kier alpha value is -3.86. The van der Waals surface area contributed by atoms with Crippen molar-refractivity contribution in [2.75, 3.05) is 48.8 Å². The smallest absolute Gasteiger partial charge is 0.260 e. The average molecular weight is 566 g/mol. The van der Waals surface area contributed by atoms with Crippen molar-refractivity contribution in [1.29, 1.82) is 0 Å². The van der Waals surface area contributed by atoms with E-state index in [4.69, 9.17) is 5.73 Å². The Morgan fingerprint density at radius 2 is 1.68 bits per heavy atom. The molecule has 3 aliphatic heterocycles. The molecule has 0 saturated carbocycles. The molecule has 1 unspecified atom stereocenters. The summed E-state index contributed by atoms with van der Waals surface area (Å²) in [5.74, 6) is -1.81. The first kappa shape index (κ1) is 27.3. The van der Waals surface area contributed by atoms with Crippen LogP contribution in [-0.2, 0) is 11.3 Å². The summed E-state index contributed by atoms with van der Waals surface area (Å²) in [5, 5.41) is 0. The second-order valence-electron chi connectivity index (χ2n) is 11.3. The molecule has 11 heteroatoms. The van der Waals surface area contributed by atoms with Crippen molar-refractivity contribution in [3.63, 3.8) is 0 Å². The van der Waals surface area contributed by atoms with Gasteiger partial charge < -0.3 is 20.4 Å². The zero-order chi connectivity index (χ0) is 28.7. The molecule has 216 valence electrons. The van der Waals surface area contributed by atoms with Gasteiger partial charge in [0.1, 0.15) is 12.0 Å². The van der Waals surface area contributed by atoms with Crippen LogP contribution in [0.1, 0.15) is 43.1 Å². The van der Waals surface area contributed by atoms with Crippen molar-refractivity contribution in [1.82, 2.24) is 19.8 Å². The minimum absolute atomic E-state index is 0.0650. The molecule has 1 amide bonds. The lowest BCUT2D eigenvalue weighted by atomic mass is 9.90. The standard InChI is InChI=1S/C30H34F3N7O/c1-37-25-17-22(31)23(32)18-26(25)40(28(37)24-4-2-3-10-35-24)21-6-12-39(13-7-21)29(41)30(33)8-14-38(15-9-30)19-20-5-11-36-27(34)16-20/h2-5,10-11,16-18,21,28H,6-9,12-15,19H2,1H3,(H2,34,36). The van der Waals surface area contributed by atoms with E-state index in [1.165, 1.54) is 12.1 Å². The molecule has 0 radical (unpaired) electrons. The molecule has 0 spiro atoms. The number of alkyl halides is 1. The van der Waals surface area contributed by atoms with E-state index in [2.05, 4.69) is 19.8 Å². The predicted octanol–water partition coefficient (Wildman–Crippen LogP) is 4.29. The Morgan fingerprint density at radius 3 is 2.34 bits per heavy atom. The lowest BCUT2D eigenvalue weighted by Crippen LogP contribution is -2.55. The maximum Gasteiger partial charge on any atom is 0.260 e. The Bertz CT molecular complexity index is 1410. The summed E-state index contributed by atoms with van der Waals surface area (Å²) in [6, 6.07) is 11.7. The number of carbonyl (C=O) groups is 1. The normalized spacial score (nSPS) is 21.3. The average Bonchev–Trinajstić information content (AvgIpc) is 3.25. The molecule has 0 bridgehead atoms. The first-order valence-corrected chi connectivity index (χ1v) is 14.1. The number of pyridine rings is 2. The molecular formula is C30H34F3N7O. The minimum atomic E-state index is -1.89. The number of anilines is 3. The SMILES string of the molecule is CN1c2cc(F)c(F)cc2N(C2CCN(C(=O)C3(F)CCN(Cc4ccnc(N)c4)CC3)CC2)C1c1ccccn1. The number of amides is 1. The minimum Gasteiger partial charge on any atom is -0.384 e. The van der Waals surface area contributed by atoms with Gasteiger partial charge in [0, 0.05) is 83.2 Å². The molecule has 8 nitrogen and oxygen atoms in total. The largest absolute Gasteiger partial charge is 0.384 e. The van der Waals surface area contributed by atoms with E-state index in [-0.39, 0.29) is 25.0 Å². The molecule has 3 aromatic rings. The second kappa shape index (κ2) is 10.8. The van der Waals surface area contributed by atoms with Gasteiger partial charge in [0.25, 0.3) is 5.91 Å². The molecule has 2 fully saturated rings. The Morgan fingerprint density at radius 1 is 0.976 bits per heavy atom. The number of benzene rings is 1. The summed E-state index contributed by atoms with van der Waals surface area (Å²) in [6.07, 6.45) is 4.44. The third-order valence-corrected chi connectivity index (χ3v) is 8.69. The van der Waals surface area contributed by atoms with Gasteiger partial charge in [-0.1, -0.05) is 6.07 Å². The molecule has 2 N–H and O–H groups in total. The van der Waals surface area contributed by atoms with Crippen molar-refractivity contribution in [3.8, 4) is 0 Å². The van der Waals surface area contributed by atoms with Gasteiger partial charge in [-0.05, 0) is 42.7 Å². The third kappa shape index (κ3) is 5.18. The maximum atomic E-state index is 16.0. The van der Waals surface area contributed by atoms with Crippen LogP contribution in [-0.4, -0.2) is 70.6 Å². The fraction of sp³-hybridized carbons (Fsp3) is 0.433. The number of piperidine rings is 2. The van der Waals surface area contributed by atoms with Gasteiger partial charge in [-0.15, -0.1) is 0 Å². The zero-order valence-corrected chi connectivity index (χ0v) is 23.0. The van der Waals surface area contributed by atoms with E-state index < -0.39 is 23.2 Å². The fourth-order valence-electron chi connectivity index (χ4n) is 6.49. The highest BCUT2D eigenvalue weighted by molar-refractivity contribution is 5.85. The Kier molecular flexibility index (Phi) is 7.23. The van der Waals surface area contributed by atoms with Gasteiger partial charge in [0.2, 0.25) is 0 Å². The van der Waals surface area contributed by atoms with Crippen LogP contribution in [0.4, 0.5) is 30.4 Å². The first-order valence-electron chi connectivity index (χ1n) is 14.1. The van der Waals surface area contributed by atoms with Crippen LogP contribution in [0.2, 0.25) is 0 Å². The highest BCUT2D eigenvalue weighted by atomic mass is 19.2. The number of aromatic nitrogens is 2. The van der Waals surface area contributed by atoms with Gasteiger partial charge in [-0.3, -0.25) is 14.7 Å². The van der Waals surface area contributed by atoms with E-state index in [1.54, 1.807) is 17.3 Å². The summed E-state index contributed by atoms with van der Waals surface area (Å²) in [6.45, 7) is 2.38. The number of nitrogen functional groups attached to an aromatic ring is 1. The molecule has 2 aromatic heterocycles. The monoisotopic (exact) mass is 565 g/mol. The molecule has 1 atom stereocenters. The van der Waals surface area contributed by atoms with Crippen LogP contribution in [0, 0.1) is 11.6 Å². The van der Waals surface area contributed by atoms with Gasteiger partial charge in [-0.25, -0.2) is 18.2 Å². The summed E-state index contributed by atoms with van der Waals surface area (Å²) in [4.78, 5) is 29.7. The number of hydrogen-bond acceptors (Lipinski definition) is 7. The van der Waals surface area contributed by atoms with Crippen LogP contribution < -0.4 is 15.5 Å². The number of fused-ring (bicyclic) bond motifs is 1. The fourth-order valence-corrected chi connectivity index (χ4v) is 6.49. The van der Waals surface area contributed by atoms with E-state index >= 15 is 4.39 Å². The van der Waals surface area contributed by atoms with Gasteiger partial charge >= 0.3 is 0 Å². The summed E-state index contributed by atoms with van der Waals surface area (Å²) in [5.41, 5.74) is 6.84. The van der Waals surface area contributed by atoms with Crippen molar-refractivity contribution in [3.05, 3.63) is 77.8 Å². The second-order valence-corrected chi connectivity index (χ2v) is 11.3. The van der Waals surface area contributed by atoms with Gasteiger partial charge in [0.05, 0.1) is 17.1 Å². The van der Waals surface area contributed by atoms with Gasteiger partial charge in [0.15, 0.2) is 17.3 Å². The lowest BCUT2D eigenvalue weighted by Gasteiger charge is -2.43. The van der Waals surface area contributed by atoms with E-state index in [0.717, 1.165) is 11.3 Å². The van der Waals surface area contributed by atoms with Crippen molar-refractivity contribution >= 4 is 23.1 Å². The lowest BCUT2D eigenvalue weighted by molar-refractivity contribution is -0.148. The van der Waals surface area contributed by atoms with Crippen LogP contribution in [0.3, 0.4) is 0 Å². The van der Waals surface area contributed by atoms with Crippen LogP contribution in [0.15, 0.2) is 54.9 Å². The molecule has 0 aliphatic carbocycles. The maximum absolute atomic E-state index is 16.0. The van der Waals surface area contributed by atoms with E-state index in [0.29, 0.717) is 62.8 Å². The number of nitrogens with two attached hydrogens (primary N) is 1. The van der Waals surface area contributed by atoms with Crippen molar-refractivity contribution < 1.29 is 18.0 Å². The Labute approximate surface area is 237 Å². The summed E-state index contributed by atoms with van der Waals surface area (Å²) < 4.78 is 44.6. The summed E-state index contributed by atoms with van der Waals surface area (Å²) in [7, 11) is 1.84. The number of nitrogens with zero attached hydrogens (tertiary/aromatic N) is 6. The van der Waals surface area contributed by atoms with Crippen molar-refractivity contribution in [2.45, 2.75) is 50.1 Å². The van der Waals surface area contributed by atoms with Crippen LogP contribution in [0.5, 0.6) is 0 Å². The molecule has 1 aromatic carbocycles. The molecule has 3 aliphatic rings. The number of carbonyl (C=O) groups excluding carboxylic acids is 1. The number of rotatable bonds is 5. The van der Waals surface area contributed by atoms with Crippen LogP contribution >= 0.6 is 0 Å². The van der Waals surface area contributed by atoms with Crippen LogP contribution in [0.25, 0.3) is 0 Å². The Balaban J connectivity index is 1.13. The molecule has 6 rings (SSSR count). The van der Waals surface area contributed by atoms with Crippen molar-refractivity contribution in [2.24, 2.45) is 0 Å². The first-order chi connectivity index (χ1) is 19.7. The molecule has 41 heavy (non-hydrogen) atoms. The third-order valence-electron chi connectivity index (χ3n) is 8.69.